The Balaban J connectivity index is 1.47. The van der Waals surface area contributed by atoms with Crippen LogP contribution >= 0.6 is 0 Å². The molecule has 0 N–H and O–H groups in total. The van der Waals surface area contributed by atoms with Crippen LogP contribution in [0.3, 0.4) is 0 Å². The van der Waals surface area contributed by atoms with Crippen molar-refractivity contribution in [2.45, 2.75) is 12.8 Å². The molecule has 0 atom stereocenters. The number of allylic oxidation sites excluding steroid dienone is 2. The van der Waals surface area contributed by atoms with Gasteiger partial charge in [-0.25, -0.2) is 0 Å². The summed E-state index contributed by atoms with van der Waals surface area (Å²) in [4.78, 5) is 24.2. The Morgan fingerprint density at radius 1 is 0.577 bits per heavy atom. The fourth-order valence-electron chi connectivity index (χ4n) is 2.60. The van der Waals surface area contributed by atoms with Gasteiger partial charge in [0.15, 0.2) is 11.5 Å². The molecular weight excluding hydrogens is 328 g/mol. The number of ketones is 2. The highest BCUT2D eigenvalue weighted by Crippen LogP contribution is 2.15. The minimum absolute atomic E-state index is 0.0707. The number of benzene rings is 2. The third-order valence-corrected chi connectivity index (χ3v) is 3.99. The van der Waals surface area contributed by atoms with Gasteiger partial charge in [0.05, 0.1) is 13.2 Å². The Kier molecular flexibility index (Phi) is 5.99. The van der Waals surface area contributed by atoms with Gasteiger partial charge >= 0.3 is 0 Å². The van der Waals surface area contributed by atoms with Crippen LogP contribution in [0.1, 0.15) is 11.1 Å². The third kappa shape index (κ3) is 4.93. The summed E-state index contributed by atoms with van der Waals surface area (Å²) in [7, 11) is 0. The minimum Gasteiger partial charge on any atom is -0.489 e. The molecule has 0 fully saturated rings. The lowest BCUT2D eigenvalue weighted by molar-refractivity contribution is -0.119. The van der Waals surface area contributed by atoms with Gasteiger partial charge in [-0.05, 0) is 11.1 Å². The molecule has 4 nitrogen and oxygen atoms in total. The zero-order valence-electron chi connectivity index (χ0n) is 14.4. The summed E-state index contributed by atoms with van der Waals surface area (Å²) >= 11 is 0. The lowest BCUT2D eigenvalue weighted by Crippen LogP contribution is -2.18. The normalized spacial score (nSPS) is 13.8. The van der Waals surface area contributed by atoms with Crippen LogP contribution in [-0.2, 0) is 31.9 Å². The summed E-state index contributed by atoms with van der Waals surface area (Å²) in [6.07, 6.45) is 3.77. The van der Waals surface area contributed by atoms with Crippen LogP contribution in [-0.4, -0.2) is 24.8 Å². The van der Waals surface area contributed by atoms with E-state index in [1.807, 2.05) is 60.7 Å². The second-order valence-corrected chi connectivity index (χ2v) is 5.91. The summed E-state index contributed by atoms with van der Waals surface area (Å²) in [5, 5.41) is 0. The molecule has 0 unspecified atom stereocenters. The number of hydrogen-bond acceptors (Lipinski definition) is 4. The molecule has 26 heavy (non-hydrogen) atoms. The van der Waals surface area contributed by atoms with Crippen LogP contribution < -0.4 is 0 Å². The monoisotopic (exact) mass is 348 g/mol. The van der Waals surface area contributed by atoms with Crippen molar-refractivity contribution in [2.75, 3.05) is 13.2 Å². The molecule has 2 aromatic rings. The van der Waals surface area contributed by atoms with Gasteiger partial charge < -0.3 is 9.47 Å². The van der Waals surface area contributed by atoms with E-state index in [9.17, 15) is 9.59 Å². The van der Waals surface area contributed by atoms with Gasteiger partial charge in [0.1, 0.15) is 0 Å². The highest BCUT2D eigenvalue weighted by Gasteiger charge is 2.22. The minimum atomic E-state index is -0.340. The number of rotatable bonds is 8. The second-order valence-electron chi connectivity index (χ2n) is 5.91. The van der Waals surface area contributed by atoms with Crippen LogP contribution in [0.2, 0.25) is 0 Å². The fraction of sp³-hybridized carbons (Fsp3) is 0.182. The lowest BCUT2D eigenvalue weighted by Gasteiger charge is -2.14. The SMILES string of the molecule is O=C1C=C(OCCc2ccccc2)C(=O)C=C1OCCc1ccccc1. The molecule has 0 aliphatic heterocycles. The van der Waals surface area contributed by atoms with Gasteiger partial charge in [-0.15, -0.1) is 0 Å². The smallest absolute Gasteiger partial charge is 0.224 e. The van der Waals surface area contributed by atoms with E-state index < -0.39 is 0 Å². The van der Waals surface area contributed by atoms with Crippen molar-refractivity contribution in [3.05, 3.63) is 95.5 Å². The third-order valence-electron chi connectivity index (χ3n) is 3.99. The summed E-state index contributed by atoms with van der Waals surface area (Å²) in [5.41, 5.74) is 2.23. The Morgan fingerprint density at radius 2 is 0.962 bits per heavy atom. The molecule has 1 aliphatic carbocycles. The highest BCUT2D eigenvalue weighted by molar-refractivity contribution is 6.18. The number of carbonyl (C=O) groups is 2. The quantitative estimate of drug-likeness (QED) is 0.686. The first kappa shape index (κ1) is 17.7. The second kappa shape index (κ2) is 8.81. The van der Waals surface area contributed by atoms with Crippen LogP contribution in [0.15, 0.2) is 84.3 Å². The van der Waals surface area contributed by atoms with Crippen LogP contribution in [0.25, 0.3) is 0 Å². The van der Waals surface area contributed by atoms with E-state index in [0.29, 0.717) is 26.1 Å². The van der Waals surface area contributed by atoms with Crippen molar-refractivity contribution < 1.29 is 19.1 Å². The summed E-state index contributed by atoms with van der Waals surface area (Å²) in [5.74, 6) is -0.539. The Bertz CT molecular complexity index is 748. The predicted octanol–water partition coefficient (Wildman–Crippen LogP) is 3.42. The topological polar surface area (TPSA) is 52.6 Å². The molecule has 0 radical (unpaired) electrons. The largest absolute Gasteiger partial charge is 0.489 e. The fourth-order valence-corrected chi connectivity index (χ4v) is 2.60. The maximum absolute atomic E-state index is 12.1. The summed E-state index contributed by atoms with van der Waals surface area (Å²) < 4.78 is 11.0. The van der Waals surface area contributed by atoms with E-state index in [2.05, 4.69) is 0 Å². The zero-order chi connectivity index (χ0) is 18.2. The van der Waals surface area contributed by atoms with Crippen LogP contribution in [0, 0.1) is 0 Å². The van der Waals surface area contributed by atoms with Gasteiger partial charge in [-0.3, -0.25) is 9.59 Å². The standard InChI is InChI=1S/C22H20O4/c23-19-16-22(26-14-12-18-9-5-2-6-10-18)20(24)15-21(19)25-13-11-17-7-3-1-4-8-17/h1-10,15-16H,11-14H2. The van der Waals surface area contributed by atoms with E-state index in [0.717, 1.165) is 11.1 Å². The molecule has 1 aliphatic rings. The summed E-state index contributed by atoms with van der Waals surface area (Å²) in [6.45, 7) is 0.680. The molecule has 4 heteroatoms. The molecule has 0 heterocycles. The predicted molar refractivity (Wildman–Crippen MR) is 98.4 cm³/mol. The Morgan fingerprint density at radius 3 is 1.35 bits per heavy atom. The number of hydrogen-bond donors (Lipinski definition) is 0. The summed E-state index contributed by atoms with van der Waals surface area (Å²) in [6, 6.07) is 19.7. The van der Waals surface area contributed by atoms with Gasteiger partial charge in [-0.2, -0.15) is 0 Å². The Hall–Kier alpha value is -3.14. The van der Waals surface area contributed by atoms with Crippen molar-refractivity contribution in [1.29, 1.82) is 0 Å². The maximum atomic E-state index is 12.1. The first-order valence-corrected chi connectivity index (χ1v) is 8.58. The first-order valence-electron chi connectivity index (χ1n) is 8.58. The van der Waals surface area contributed by atoms with Crippen molar-refractivity contribution in [1.82, 2.24) is 0 Å². The average molecular weight is 348 g/mol. The van der Waals surface area contributed by atoms with Crippen molar-refractivity contribution in [3.8, 4) is 0 Å². The molecular formula is C22H20O4. The molecule has 3 rings (SSSR count). The number of ether oxygens (including phenoxy) is 2. The molecule has 132 valence electrons. The molecule has 0 bridgehead atoms. The molecule has 0 saturated heterocycles. The van der Waals surface area contributed by atoms with Gasteiger partial charge in [-0.1, -0.05) is 60.7 Å². The highest BCUT2D eigenvalue weighted by atomic mass is 16.5. The van der Waals surface area contributed by atoms with Crippen LogP contribution in [0.4, 0.5) is 0 Å². The van der Waals surface area contributed by atoms with Crippen LogP contribution in [0.5, 0.6) is 0 Å². The van der Waals surface area contributed by atoms with Crippen molar-refractivity contribution >= 4 is 11.6 Å². The average Bonchev–Trinajstić information content (AvgIpc) is 2.67. The molecule has 0 spiro atoms. The first-order chi connectivity index (χ1) is 12.7. The Labute approximate surface area is 152 Å². The molecule has 0 aromatic heterocycles. The van der Waals surface area contributed by atoms with Gasteiger partial charge in [0.25, 0.3) is 0 Å². The molecule has 0 amide bonds. The lowest BCUT2D eigenvalue weighted by atomic mass is 10.1. The van der Waals surface area contributed by atoms with E-state index in [4.69, 9.17) is 9.47 Å². The zero-order valence-corrected chi connectivity index (χ0v) is 14.4. The molecule has 0 saturated carbocycles. The number of carbonyl (C=O) groups excluding carboxylic acids is 2. The van der Waals surface area contributed by atoms with Gasteiger partial charge in [0.2, 0.25) is 11.6 Å². The van der Waals surface area contributed by atoms with Gasteiger partial charge in [0, 0.05) is 25.0 Å². The van der Waals surface area contributed by atoms with Crippen molar-refractivity contribution in [2.24, 2.45) is 0 Å². The maximum Gasteiger partial charge on any atom is 0.224 e. The van der Waals surface area contributed by atoms with Crippen molar-refractivity contribution in [3.63, 3.8) is 0 Å². The molecule has 2 aromatic carbocycles. The van der Waals surface area contributed by atoms with E-state index >= 15 is 0 Å². The van der Waals surface area contributed by atoms with E-state index in [1.54, 1.807) is 0 Å². The van der Waals surface area contributed by atoms with E-state index in [-0.39, 0.29) is 23.1 Å². The van der Waals surface area contributed by atoms with E-state index in [1.165, 1.54) is 12.2 Å².